The summed E-state index contributed by atoms with van der Waals surface area (Å²) >= 11 is 0. The van der Waals surface area contributed by atoms with Crippen molar-refractivity contribution in [1.82, 2.24) is 26.6 Å². The molecule has 2 aromatic carbocycles. The molecule has 1 aromatic heterocycles. The van der Waals surface area contributed by atoms with E-state index in [4.69, 9.17) is 31.4 Å². The Morgan fingerprint density at radius 2 is 1.47 bits per heavy atom. The lowest BCUT2D eigenvalue weighted by Gasteiger charge is -2.21. The SMILES string of the molecule is Cc1cc(=O)oc2cc(NC(=O)[C@H](CCCNC(=N)N)NC(=O)CNC(=O)[C@@H](CCCNC(=N)N)NC(=O)OCc3ccccc3)ccc12. The number of fused-ring (bicyclic) bond motifs is 1. The quantitative estimate of drug-likeness (QED) is 0.0405. The Hall–Kier alpha value is -6.13. The predicted octanol–water partition coefficient (Wildman–Crippen LogP) is 0.462. The van der Waals surface area contributed by atoms with Gasteiger partial charge in [-0.2, -0.15) is 0 Å². The largest absolute Gasteiger partial charge is 0.445 e. The molecular weight excluding hydrogens is 636 g/mol. The van der Waals surface area contributed by atoms with E-state index in [9.17, 15) is 24.0 Å². The number of amides is 4. The molecule has 2 atom stereocenters. The average Bonchev–Trinajstić information content (AvgIpc) is 3.05. The topological polar surface area (TPSA) is 280 Å². The summed E-state index contributed by atoms with van der Waals surface area (Å²) in [5.74, 6) is -2.42. The number of hydrogen-bond donors (Lipinski definition) is 10. The molecule has 262 valence electrons. The molecule has 0 saturated heterocycles. The number of carbonyl (C=O) groups excluding carboxylic acids is 4. The molecule has 1 heterocycles. The number of rotatable bonds is 17. The summed E-state index contributed by atoms with van der Waals surface area (Å²) < 4.78 is 10.5. The van der Waals surface area contributed by atoms with E-state index in [0.717, 1.165) is 5.56 Å². The molecule has 0 unspecified atom stereocenters. The predicted molar refractivity (Wildman–Crippen MR) is 183 cm³/mol. The number of hydrogen-bond acceptors (Lipinski definition) is 9. The van der Waals surface area contributed by atoms with Gasteiger partial charge in [-0.1, -0.05) is 30.3 Å². The Morgan fingerprint density at radius 1 is 0.837 bits per heavy atom. The normalized spacial score (nSPS) is 11.8. The summed E-state index contributed by atoms with van der Waals surface area (Å²) in [6.45, 7) is 1.75. The van der Waals surface area contributed by atoms with Crippen molar-refractivity contribution in [2.75, 3.05) is 25.0 Å². The fraction of sp³-hybridized carbons (Fsp3) is 0.344. The lowest BCUT2D eigenvalue weighted by atomic mass is 10.1. The second kappa shape index (κ2) is 18.9. The maximum atomic E-state index is 13.3. The molecule has 49 heavy (non-hydrogen) atoms. The van der Waals surface area contributed by atoms with Gasteiger partial charge in [0.15, 0.2) is 11.9 Å². The third kappa shape index (κ3) is 13.3. The van der Waals surface area contributed by atoms with Crippen molar-refractivity contribution < 1.29 is 28.3 Å². The highest BCUT2D eigenvalue weighted by atomic mass is 16.5. The molecule has 3 aromatic rings. The zero-order valence-corrected chi connectivity index (χ0v) is 27.0. The molecule has 3 rings (SSSR count). The van der Waals surface area contributed by atoms with Gasteiger partial charge in [-0.25, -0.2) is 9.59 Å². The number of aryl methyl sites for hydroxylation is 1. The molecule has 0 aliphatic rings. The minimum absolute atomic E-state index is 0.0198. The highest BCUT2D eigenvalue weighted by Crippen LogP contribution is 2.21. The van der Waals surface area contributed by atoms with Crippen LogP contribution in [0.5, 0.6) is 0 Å². The molecule has 0 spiro atoms. The molecule has 12 N–H and O–H groups in total. The van der Waals surface area contributed by atoms with E-state index < -0.39 is 48.1 Å². The van der Waals surface area contributed by atoms with E-state index in [2.05, 4.69) is 31.9 Å². The third-order valence-corrected chi connectivity index (χ3v) is 7.09. The van der Waals surface area contributed by atoms with Gasteiger partial charge in [0.2, 0.25) is 17.7 Å². The molecule has 17 heteroatoms. The molecule has 0 fully saturated rings. The van der Waals surface area contributed by atoms with Crippen LogP contribution in [0.25, 0.3) is 11.0 Å². The van der Waals surface area contributed by atoms with E-state index in [0.29, 0.717) is 29.5 Å². The van der Waals surface area contributed by atoms with Crippen molar-refractivity contribution in [1.29, 1.82) is 10.8 Å². The number of carbonyl (C=O) groups is 4. The molecular formula is C32H42N10O7. The van der Waals surface area contributed by atoms with Crippen molar-refractivity contribution in [3.63, 3.8) is 0 Å². The molecule has 4 amide bonds. The Kier molecular flexibility index (Phi) is 14.4. The molecule has 0 radical (unpaired) electrons. The summed E-state index contributed by atoms with van der Waals surface area (Å²) in [4.78, 5) is 63.7. The summed E-state index contributed by atoms with van der Waals surface area (Å²) in [6.07, 6.45) is 0.132. The van der Waals surface area contributed by atoms with Crippen molar-refractivity contribution in [3.05, 3.63) is 76.1 Å². The number of anilines is 1. The Bertz CT molecular complexity index is 1700. The fourth-order valence-electron chi connectivity index (χ4n) is 4.67. The monoisotopic (exact) mass is 678 g/mol. The van der Waals surface area contributed by atoms with Gasteiger partial charge in [0, 0.05) is 36.3 Å². The first-order valence-corrected chi connectivity index (χ1v) is 15.5. The van der Waals surface area contributed by atoms with E-state index in [1.54, 1.807) is 43.3 Å². The number of ether oxygens (including phenoxy) is 1. The van der Waals surface area contributed by atoms with Gasteiger partial charge in [-0.05, 0) is 55.9 Å². The standard InChI is InChI=1S/C32H42N10O7/c1-19-15-27(44)49-25-16-21(11-12-22(19)25)40-29(46)24(10-6-14-38-31(35)36)41-26(43)17-39-28(45)23(9-5-13-37-30(33)34)42-32(47)48-18-20-7-3-2-4-8-20/h2-4,7-8,11-12,15-16,23-24H,5-6,9-10,13-14,17-18H2,1H3,(H,39,45)(H,40,46)(H,41,43)(H,42,47)(H4,33,34,37)(H4,35,36,38)/t23-,24+/m1/s1. The molecule has 0 saturated carbocycles. The van der Waals surface area contributed by atoms with Crippen molar-refractivity contribution in [2.24, 2.45) is 11.5 Å². The van der Waals surface area contributed by atoms with Gasteiger partial charge in [-0.15, -0.1) is 0 Å². The molecule has 0 aliphatic carbocycles. The summed E-state index contributed by atoms with van der Waals surface area (Å²) in [5, 5.41) is 30.9. The number of alkyl carbamates (subject to hydrolysis) is 1. The van der Waals surface area contributed by atoms with Crippen molar-refractivity contribution >= 4 is 52.4 Å². The average molecular weight is 679 g/mol. The minimum Gasteiger partial charge on any atom is -0.445 e. The van der Waals surface area contributed by atoms with Crippen LogP contribution in [0.1, 0.15) is 36.8 Å². The maximum Gasteiger partial charge on any atom is 0.408 e. The molecule has 0 bridgehead atoms. The highest BCUT2D eigenvalue weighted by molar-refractivity contribution is 5.99. The van der Waals surface area contributed by atoms with Crippen LogP contribution in [0.2, 0.25) is 0 Å². The van der Waals surface area contributed by atoms with Crippen LogP contribution in [-0.4, -0.2) is 67.5 Å². The fourth-order valence-corrected chi connectivity index (χ4v) is 4.67. The Morgan fingerprint density at radius 3 is 2.10 bits per heavy atom. The second-order valence-corrected chi connectivity index (χ2v) is 11.0. The number of benzene rings is 2. The van der Waals surface area contributed by atoms with E-state index in [1.165, 1.54) is 12.1 Å². The van der Waals surface area contributed by atoms with Crippen LogP contribution >= 0.6 is 0 Å². The highest BCUT2D eigenvalue weighted by Gasteiger charge is 2.24. The van der Waals surface area contributed by atoms with Crippen LogP contribution in [0.4, 0.5) is 10.5 Å². The minimum atomic E-state index is -1.09. The van der Waals surface area contributed by atoms with E-state index >= 15 is 0 Å². The Labute approximate surface area is 281 Å². The molecule has 0 aliphatic heterocycles. The van der Waals surface area contributed by atoms with Gasteiger partial charge < -0.3 is 52.5 Å². The van der Waals surface area contributed by atoms with E-state index in [-0.39, 0.29) is 50.0 Å². The van der Waals surface area contributed by atoms with Crippen LogP contribution in [0.15, 0.2) is 63.8 Å². The lowest BCUT2D eigenvalue weighted by molar-refractivity contribution is -0.129. The van der Waals surface area contributed by atoms with Crippen LogP contribution in [0, 0.1) is 17.7 Å². The van der Waals surface area contributed by atoms with Crippen LogP contribution in [0.3, 0.4) is 0 Å². The number of guanidine groups is 2. The maximum absolute atomic E-state index is 13.3. The van der Waals surface area contributed by atoms with Crippen molar-refractivity contribution in [2.45, 2.75) is 51.3 Å². The van der Waals surface area contributed by atoms with Gasteiger partial charge in [0.05, 0.1) is 6.54 Å². The Balaban J connectivity index is 1.62. The second-order valence-electron chi connectivity index (χ2n) is 11.0. The first-order chi connectivity index (χ1) is 23.4. The van der Waals surface area contributed by atoms with E-state index in [1.807, 2.05) is 6.07 Å². The van der Waals surface area contributed by atoms with Crippen LogP contribution in [-0.2, 0) is 25.7 Å². The lowest BCUT2D eigenvalue weighted by Crippen LogP contribution is -2.51. The zero-order valence-electron chi connectivity index (χ0n) is 27.0. The number of nitrogens with one attached hydrogen (secondary N) is 8. The van der Waals surface area contributed by atoms with Crippen molar-refractivity contribution in [3.8, 4) is 0 Å². The van der Waals surface area contributed by atoms with Gasteiger partial charge in [0.1, 0.15) is 24.3 Å². The number of nitrogens with two attached hydrogens (primary N) is 2. The van der Waals surface area contributed by atoms with Gasteiger partial charge in [0.25, 0.3) is 0 Å². The smallest absolute Gasteiger partial charge is 0.408 e. The van der Waals surface area contributed by atoms with Crippen LogP contribution < -0.4 is 49.0 Å². The van der Waals surface area contributed by atoms with Gasteiger partial charge >= 0.3 is 11.7 Å². The summed E-state index contributed by atoms with van der Waals surface area (Å²) in [7, 11) is 0. The first kappa shape index (κ1) is 37.3. The summed E-state index contributed by atoms with van der Waals surface area (Å²) in [6, 6.07) is 13.0. The van der Waals surface area contributed by atoms with Gasteiger partial charge in [-0.3, -0.25) is 25.2 Å². The molecule has 17 nitrogen and oxygen atoms in total. The summed E-state index contributed by atoms with van der Waals surface area (Å²) in [5.41, 5.74) is 12.2. The zero-order chi connectivity index (χ0) is 35.8. The first-order valence-electron chi connectivity index (χ1n) is 15.5. The third-order valence-electron chi connectivity index (χ3n) is 7.09.